The zero-order valence-electron chi connectivity index (χ0n) is 12.5. The van der Waals surface area contributed by atoms with E-state index in [-0.39, 0.29) is 11.4 Å². The van der Waals surface area contributed by atoms with Crippen molar-refractivity contribution >= 4 is 17.3 Å². The van der Waals surface area contributed by atoms with E-state index in [9.17, 15) is 31.1 Å². The molecule has 0 aliphatic rings. The van der Waals surface area contributed by atoms with Gasteiger partial charge in [-0.05, 0) is 30.3 Å². The van der Waals surface area contributed by atoms with Gasteiger partial charge in [0.25, 0.3) is 0 Å². The number of rotatable bonds is 4. The van der Waals surface area contributed by atoms with Crippen LogP contribution < -0.4 is 10.6 Å². The highest BCUT2D eigenvalue weighted by Crippen LogP contribution is 2.34. The lowest BCUT2D eigenvalue weighted by Gasteiger charge is -2.14. The molecule has 0 aliphatic carbocycles. The molecule has 3 nitrogen and oxygen atoms in total. The fourth-order valence-electron chi connectivity index (χ4n) is 2.04. The number of alkyl halides is 6. The second-order valence-corrected chi connectivity index (χ2v) is 5.02. The van der Waals surface area contributed by atoms with Crippen molar-refractivity contribution in [2.75, 3.05) is 17.2 Å². The first-order valence-electron chi connectivity index (χ1n) is 6.94. The van der Waals surface area contributed by atoms with Crippen LogP contribution in [0, 0.1) is 0 Å². The van der Waals surface area contributed by atoms with E-state index in [0.717, 1.165) is 30.3 Å². The maximum Gasteiger partial charge on any atom is 0.418 e. The quantitative estimate of drug-likeness (QED) is 0.769. The van der Waals surface area contributed by atoms with Gasteiger partial charge in [-0.1, -0.05) is 18.2 Å². The van der Waals surface area contributed by atoms with Gasteiger partial charge in [0.15, 0.2) is 0 Å². The first kappa shape index (κ1) is 18.6. The second kappa shape index (κ2) is 7.04. The minimum atomic E-state index is -4.60. The molecule has 0 aliphatic heterocycles. The molecule has 0 atom stereocenters. The van der Waals surface area contributed by atoms with Crippen LogP contribution in [-0.4, -0.2) is 12.5 Å². The van der Waals surface area contributed by atoms with Gasteiger partial charge in [0.1, 0.15) is 0 Å². The van der Waals surface area contributed by atoms with Gasteiger partial charge >= 0.3 is 12.4 Å². The Balaban J connectivity index is 2.03. The monoisotopic (exact) mass is 362 g/mol. The summed E-state index contributed by atoms with van der Waals surface area (Å²) >= 11 is 0. The highest BCUT2D eigenvalue weighted by molar-refractivity contribution is 5.93. The predicted molar refractivity (Wildman–Crippen MR) is 80.0 cm³/mol. The normalized spacial score (nSPS) is 11.9. The summed E-state index contributed by atoms with van der Waals surface area (Å²) in [6.07, 6.45) is -9.16. The van der Waals surface area contributed by atoms with Crippen LogP contribution in [0.3, 0.4) is 0 Å². The number of halogens is 6. The van der Waals surface area contributed by atoms with Crippen LogP contribution in [0.2, 0.25) is 0 Å². The maximum atomic E-state index is 12.8. The molecule has 1 amide bonds. The average Bonchev–Trinajstić information content (AvgIpc) is 2.52. The molecule has 134 valence electrons. The van der Waals surface area contributed by atoms with Gasteiger partial charge in [0.2, 0.25) is 5.91 Å². The third kappa shape index (κ3) is 5.13. The Morgan fingerprint density at radius 2 is 1.56 bits per heavy atom. The largest absolute Gasteiger partial charge is 0.418 e. The maximum absolute atomic E-state index is 12.8. The van der Waals surface area contributed by atoms with Crippen LogP contribution in [0.5, 0.6) is 0 Å². The smallest absolute Gasteiger partial charge is 0.376 e. The second-order valence-electron chi connectivity index (χ2n) is 5.02. The Kier molecular flexibility index (Phi) is 5.24. The molecule has 25 heavy (non-hydrogen) atoms. The lowest BCUT2D eigenvalue weighted by Crippen LogP contribution is -2.23. The number of carbonyl (C=O) groups is 1. The van der Waals surface area contributed by atoms with Gasteiger partial charge < -0.3 is 10.6 Å². The van der Waals surface area contributed by atoms with E-state index in [1.807, 2.05) is 0 Å². The summed E-state index contributed by atoms with van der Waals surface area (Å²) in [6, 6.07) is 8.52. The summed E-state index contributed by atoms with van der Waals surface area (Å²) in [6.45, 7) is -0.538. The number of nitrogens with one attached hydrogen (secondary N) is 2. The molecular weight excluding hydrogens is 350 g/mol. The molecule has 0 saturated carbocycles. The van der Waals surface area contributed by atoms with E-state index >= 15 is 0 Å². The number of benzene rings is 2. The van der Waals surface area contributed by atoms with Crippen LogP contribution in [0.25, 0.3) is 0 Å². The fourth-order valence-corrected chi connectivity index (χ4v) is 2.04. The minimum Gasteiger partial charge on any atom is -0.376 e. The molecule has 2 aromatic rings. The summed E-state index contributed by atoms with van der Waals surface area (Å²) in [4.78, 5) is 11.8. The van der Waals surface area contributed by atoms with Crippen LogP contribution in [0.15, 0.2) is 48.5 Å². The van der Waals surface area contributed by atoms with Gasteiger partial charge in [-0.3, -0.25) is 4.79 Å². The topological polar surface area (TPSA) is 41.1 Å². The van der Waals surface area contributed by atoms with Crippen molar-refractivity contribution in [3.63, 3.8) is 0 Å². The van der Waals surface area contributed by atoms with Gasteiger partial charge in [-0.25, -0.2) is 0 Å². The molecule has 9 heteroatoms. The van der Waals surface area contributed by atoms with E-state index in [1.165, 1.54) is 18.2 Å². The summed E-state index contributed by atoms with van der Waals surface area (Å²) < 4.78 is 76.3. The average molecular weight is 362 g/mol. The minimum absolute atomic E-state index is 0.106. The highest BCUT2D eigenvalue weighted by Gasteiger charge is 2.33. The Labute approximate surface area is 138 Å². The first-order chi connectivity index (χ1) is 11.6. The van der Waals surface area contributed by atoms with Gasteiger partial charge in [-0.2, -0.15) is 26.3 Å². The van der Waals surface area contributed by atoms with Crippen LogP contribution in [-0.2, 0) is 17.1 Å². The molecule has 0 aromatic heterocycles. The van der Waals surface area contributed by atoms with Crippen LogP contribution in [0.4, 0.5) is 37.7 Å². The van der Waals surface area contributed by atoms with Crippen molar-refractivity contribution in [2.24, 2.45) is 0 Å². The molecule has 0 unspecified atom stereocenters. The van der Waals surface area contributed by atoms with Crippen molar-refractivity contribution in [2.45, 2.75) is 12.4 Å². The SMILES string of the molecule is O=C(CNc1ccccc1C(F)(F)F)Nc1cccc(C(F)(F)F)c1. The van der Waals surface area contributed by atoms with Crippen LogP contribution in [0.1, 0.15) is 11.1 Å². The number of anilines is 2. The zero-order chi connectivity index (χ0) is 18.7. The molecule has 0 saturated heterocycles. The summed E-state index contributed by atoms with van der Waals surface area (Å²) in [5.74, 6) is -0.781. The highest BCUT2D eigenvalue weighted by atomic mass is 19.4. The Bertz CT molecular complexity index is 755. The van der Waals surface area contributed by atoms with Crippen molar-refractivity contribution in [3.8, 4) is 0 Å². The molecule has 0 spiro atoms. The standard InChI is InChI=1S/C16H12F6N2O/c17-15(18,19)10-4-3-5-11(8-10)24-14(25)9-23-13-7-2-1-6-12(13)16(20,21)22/h1-8,23H,9H2,(H,24,25). The molecule has 2 N–H and O–H groups in total. The Morgan fingerprint density at radius 1 is 0.880 bits per heavy atom. The van der Waals surface area contributed by atoms with Crippen molar-refractivity contribution in [1.82, 2.24) is 0 Å². The molecular formula is C16H12F6N2O. The van der Waals surface area contributed by atoms with Crippen LogP contribution >= 0.6 is 0 Å². The van der Waals surface area contributed by atoms with Crippen molar-refractivity contribution in [3.05, 3.63) is 59.7 Å². The summed E-state index contributed by atoms with van der Waals surface area (Å²) in [5.41, 5.74) is -2.29. The zero-order valence-corrected chi connectivity index (χ0v) is 12.5. The summed E-state index contributed by atoms with van der Waals surface area (Å²) in [7, 11) is 0. The van der Waals surface area contributed by atoms with Gasteiger partial charge in [0.05, 0.1) is 17.7 Å². The number of carbonyl (C=O) groups excluding carboxylic acids is 1. The van der Waals surface area contributed by atoms with Gasteiger partial charge in [-0.15, -0.1) is 0 Å². The van der Waals surface area contributed by atoms with Gasteiger partial charge in [0, 0.05) is 11.4 Å². The third-order valence-electron chi connectivity index (χ3n) is 3.15. The molecule has 0 heterocycles. The van der Waals surface area contributed by atoms with Crippen molar-refractivity contribution < 1.29 is 31.1 Å². The molecule has 0 fully saturated rings. The number of hydrogen-bond acceptors (Lipinski definition) is 2. The third-order valence-corrected chi connectivity index (χ3v) is 3.15. The lowest BCUT2D eigenvalue weighted by molar-refractivity contribution is -0.138. The number of hydrogen-bond donors (Lipinski definition) is 2. The Morgan fingerprint density at radius 3 is 2.20 bits per heavy atom. The van der Waals surface area contributed by atoms with E-state index in [4.69, 9.17) is 0 Å². The van der Waals surface area contributed by atoms with E-state index < -0.39 is 35.9 Å². The molecule has 0 radical (unpaired) electrons. The van der Waals surface area contributed by atoms with E-state index in [1.54, 1.807) is 0 Å². The number of amides is 1. The Hall–Kier alpha value is -2.71. The lowest BCUT2D eigenvalue weighted by atomic mass is 10.1. The summed E-state index contributed by atoms with van der Waals surface area (Å²) in [5, 5.41) is 4.53. The number of para-hydroxylation sites is 1. The molecule has 2 aromatic carbocycles. The fraction of sp³-hybridized carbons (Fsp3) is 0.188. The predicted octanol–water partition coefficient (Wildman–Crippen LogP) is 4.77. The first-order valence-corrected chi connectivity index (χ1v) is 6.94. The molecule has 2 rings (SSSR count). The molecule has 0 bridgehead atoms. The van der Waals surface area contributed by atoms with Crippen molar-refractivity contribution in [1.29, 1.82) is 0 Å². The van der Waals surface area contributed by atoms with E-state index in [2.05, 4.69) is 10.6 Å². The van der Waals surface area contributed by atoms with E-state index in [0.29, 0.717) is 0 Å².